The van der Waals surface area contributed by atoms with E-state index in [-0.39, 0.29) is 0 Å². The molecule has 0 bridgehead atoms. The van der Waals surface area contributed by atoms with Crippen molar-refractivity contribution in [2.24, 2.45) is 0 Å². The van der Waals surface area contributed by atoms with Crippen LogP contribution in [0.2, 0.25) is 0 Å². The average Bonchev–Trinajstić information content (AvgIpc) is 2.47. The van der Waals surface area contributed by atoms with Gasteiger partial charge in [-0.3, -0.25) is 4.79 Å². The van der Waals surface area contributed by atoms with Crippen molar-refractivity contribution >= 4 is 11.7 Å². The minimum absolute atomic E-state index is 0.526. The number of para-hydroxylation sites is 1. The van der Waals surface area contributed by atoms with Crippen molar-refractivity contribution in [1.29, 1.82) is 5.26 Å². The van der Waals surface area contributed by atoms with Gasteiger partial charge in [0.2, 0.25) is 0 Å². The van der Waals surface area contributed by atoms with Gasteiger partial charge in [-0.15, -0.1) is 0 Å². The Morgan fingerprint density at radius 2 is 2.05 bits per heavy atom. The number of carbonyl (C=O) groups is 1. The summed E-state index contributed by atoms with van der Waals surface area (Å²) in [6, 6.07) is 9.60. The van der Waals surface area contributed by atoms with Gasteiger partial charge in [0, 0.05) is 13.1 Å². The summed E-state index contributed by atoms with van der Waals surface area (Å²) >= 11 is 0. The number of anilines is 1. The van der Waals surface area contributed by atoms with Gasteiger partial charge < -0.3 is 15.3 Å². The first kappa shape index (κ1) is 13.4. The van der Waals surface area contributed by atoms with Crippen molar-refractivity contribution in [3.05, 3.63) is 29.8 Å². The highest BCUT2D eigenvalue weighted by atomic mass is 16.4. The Balaban J connectivity index is 2.16. The minimum Gasteiger partial charge on any atom is -0.480 e. The molecule has 2 rings (SSSR count). The molecular weight excluding hydrogens is 242 g/mol. The Labute approximate surface area is 112 Å². The van der Waals surface area contributed by atoms with Gasteiger partial charge in [-0.1, -0.05) is 12.1 Å². The van der Waals surface area contributed by atoms with Gasteiger partial charge in [0.1, 0.15) is 11.6 Å². The molecule has 2 N–H and O–H groups in total. The molecule has 0 spiro atoms. The van der Waals surface area contributed by atoms with E-state index in [1.165, 1.54) is 0 Å². The van der Waals surface area contributed by atoms with Crippen LogP contribution < -0.4 is 10.2 Å². The third kappa shape index (κ3) is 2.40. The number of nitrogens with zero attached hydrogens (tertiary/aromatic N) is 2. The lowest BCUT2D eigenvalue weighted by molar-refractivity contribution is -0.145. The second kappa shape index (κ2) is 5.29. The first-order chi connectivity index (χ1) is 9.13. The van der Waals surface area contributed by atoms with E-state index in [0.29, 0.717) is 31.5 Å². The minimum atomic E-state index is -0.835. The number of likely N-dealkylation sites (N-methyl/N-ethyl adjacent to an activating group) is 1. The van der Waals surface area contributed by atoms with Gasteiger partial charge in [0.25, 0.3) is 0 Å². The molecule has 1 aromatic carbocycles. The molecule has 0 saturated carbocycles. The molecule has 1 aliphatic rings. The standard InChI is InChI=1S/C14H17N3O2/c1-16-14(13(18)19)6-8-17(9-7-14)12-5-3-2-4-11(12)10-15/h2-5,16H,6-9H2,1H3,(H,18,19). The number of hydrogen-bond donors (Lipinski definition) is 2. The molecule has 0 aromatic heterocycles. The van der Waals surface area contributed by atoms with E-state index in [1.807, 2.05) is 18.2 Å². The SMILES string of the molecule is CNC1(C(=O)O)CCN(c2ccccc2C#N)CC1. The zero-order chi connectivity index (χ0) is 13.9. The molecular formula is C14H17N3O2. The van der Waals surface area contributed by atoms with Crippen molar-refractivity contribution in [3.8, 4) is 6.07 Å². The smallest absolute Gasteiger partial charge is 0.324 e. The largest absolute Gasteiger partial charge is 0.480 e. The maximum Gasteiger partial charge on any atom is 0.324 e. The number of rotatable bonds is 3. The first-order valence-corrected chi connectivity index (χ1v) is 6.29. The summed E-state index contributed by atoms with van der Waals surface area (Å²) in [5.74, 6) is -0.803. The highest BCUT2D eigenvalue weighted by molar-refractivity contribution is 5.79. The topological polar surface area (TPSA) is 76.4 Å². The monoisotopic (exact) mass is 259 g/mol. The highest BCUT2D eigenvalue weighted by Crippen LogP contribution is 2.28. The van der Waals surface area contributed by atoms with Crippen LogP contribution in [-0.4, -0.2) is 36.8 Å². The Hall–Kier alpha value is -2.06. The van der Waals surface area contributed by atoms with Crippen LogP contribution in [0.5, 0.6) is 0 Å². The molecule has 1 aliphatic heterocycles. The number of carboxylic acid groups (broad SMARTS) is 1. The van der Waals surface area contributed by atoms with Crippen LogP contribution in [0.4, 0.5) is 5.69 Å². The second-order valence-electron chi connectivity index (χ2n) is 4.75. The van der Waals surface area contributed by atoms with Crippen molar-refractivity contribution < 1.29 is 9.90 Å². The second-order valence-corrected chi connectivity index (χ2v) is 4.75. The molecule has 0 unspecified atom stereocenters. The normalized spacial score (nSPS) is 17.8. The summed E-state index contributed by atoms with van der Waals surface area (Å²) < 4.78 is 0. The molecule has 0 atom stereocenters. The van der Waals surface area contributed by atoms with Crippen LogP contribution in [0.3, 0.4) is 0 Å². The quantitative estimate of drug-likeness (QED) is 0.853. The van der Waals surface area contributed by atoms with Gasteiger partial charge in [-0.2, -0.15) is 5.26 Å². The molecule has 1 saturated heterocycles. The summed E-state index contributed by atoms with van der Waals surface area (Å²) in [7, 11) is 1.69. The van der Waals surface area contributed by atoms with Gasteiger partial charge in [0.15, 0.2) is 0 Å². The summed E-state index contributed by atoms with van der Waals surface area (Å²) in [6.45, 7) is 1.26. The molecule has 19 heavy (non-hydrogen) atoms. The lowest BCUT2D eigenvalue weighted by Gasteiger charge is -2.39. The Morgan fingerprint density at radius 1 is 1.42 bits per heavy atom. The fourth-order valence-corrected chi connectivity index (χ4v) is 2.54. The number of piperidine rings is 1. The van der Waals surface area contributed by atoms with Crippen molar-refractivity contribution in [1.82, 2.24) is 5.32 Å². The third-order valence-corrected chi connectivity index (χ3v) is 3.87. The van der Waals surface area contributed by atoms with Gasteiger partial charge >= 0.3 is 5.97 Å². The van der Waals surface area contributed by atoms with Crippen LogP contribution in [0.25, 0.3) is 0 Å². The Kier molecular flexibility index (Phi) is 3.72. The van der Waals surface area contributed by atoms with Crippen LogP contribution in [0, 0.1) is 11.3 Å². The van der Waals surface area contributed by atoms with Crippen LogP contribution in [0.1, 0.15) is 18.4 Å². The van der Waals surface area contributed by atoms with Crippen molar-refractivity contribution in [2.45, 2.75) is 18.4 Å². The molecule has 0 amide bonds. The van der Waals surface area contributed by atoms with E-state index in [1.54, 1.807) is 13.1 Å². The van der Waals surface area contributed by atoms with Crippen molar-refractivity contribution in [2.75, 3.05) is 25.0 Å². The number of nitrogens with one attached hydrogen (secondary N) is 1. The molecule has 1 heterocycles. The molecule has 1 fully saturated rings. The summed E-state index contributed by atoms with van der Waals surface area (Å²) in [4.78, 5) is 13.4. The predicted molar refractivity (Wildman–Crippen MR) is 72.0 cm³/mol. The maximum absolute atomic E-state index is 11.3. The fourth-order valence-electron chi connectivity index (χ4n) is 2.54. The Bertz CT molecular complexity index is 514. The molecule has 5 heteroatoms. The molecule has 100 valence electrons. The van der Waals surface area contributed by atoms with Crippen LogP contribution in [-0.2, 0) is 4.79 Å². The molecule has 0 radical (unpaired) electrons. The van der Waals surface area contributed by atoms with Crippen molar-refractivity contribution in [3.63, 3.8) is 0 Å². The molecule has 1 aromatic rings. The maximum atomic E-state index is 11.3. The third-order valence-electron chi connectivity index (χ3n) is 3.87. The zero-order valence-corrected chi connectivity index (χ0v) is 10.9. The van der Waals surface area contributed by atoms with E-state index in [4.69, 9.17) is 5.26 Å². The Morgan fingerprint density at radius 3 is 2.58 bits per heavy atom. The number of carboxylic acids is 1. The number of benzene rings is 1. The lowest BCUT2D eigenvalue weighted by Crippen LogP contribution is -2.57. The van der Waals surface area contributed by atoms with Gasteiger partial charge in [0.05, 0.1) is 11.3 Å². The summed E-state index contributed by atoms with van der Waals surface area (Å²) in [5, 5.41) is 21.3. The van der Waals surface area contributed by atoms with Gasteiger partial charge in [-0.05, 0) is 32.0 Å². The van der Waals surface area contributed by atoms with E-state index in [2.05, 4.69) is 16.3 Å². The van der Waals surface area contributed by atoms with E-state index in [0.717, 1.165) is 5.69 Å². The first-order valence-electron chi connectivity index (χ1n) is 6.29. The number of aliphatic carboxylic acids is 1. The summed E-state index contributed by atoms with van der Waals surface area (Å²) in [5.41, 5.74) is 0.688. The fraction of sp³-hybridized carbons (Fsp3) is 0.429. The lowest BCUT2D eigenvalue weighted by atomic mass is 9.87. The predicted octanol–water partition coefficient (Wildman–Crippen LogP) is 1.20. The number of hydrogen-bond acceptors (Lipinski definition) is 4. The van der Waals surface area contributed by atoms with Crippen LogP contribution in [0.15, 0.2) is 24.3 Å². The molecule has 5 nitrogen and oxygen atoms in total. The van der Waals surface area contributed by atoms with E-state index >= 15 is 0 Å². The van der Waals surface area contributed by atoms with E-state index < -0.39 is 11.5 Å². The van der Waals surface area contributed by atoms with Crippen LogP contribution >= 0.6 is 0 Å². The average molecular weight is 259 g/mol. The highest BCUT2D eigenvalue weighted by Gasteiger charge is 2.40. The van der Waals surface area contributed by atoms with Gasteiger partial charge in [-0.25, -0.2) is 0 Å². The molecule has 0 aliphatic carbocycles. The number of nitriles is 1. The zero-order valence-electron chi connectivity index (χ0n) is 10.9. The summed E-state index contributed by atoms with van der Waals surface area (Å²) in [6.07, 6.45) is 1.05. The van der Waals surface area contributed by atoms with E-state index in [9.17, 15) is 9.90 Å².